The Morgan fingerprint density at radius 1 is 1.26 bits per heavy atom. The van der Waals surface area contributed by atoms with E-state index in [-0.39, 0.29) is 22.0 Å². The minimum absolute atomic E-state index is 0.0196. The Morgan fingerprint density at radius 2 is 2.00 bits per heavy atom. The Labute approximate surface area is 159 Å². The Balaban J connectivity index is 2.33. The van der Waals surface area contributed by atoms with Crippen LogP contribution in [-0.4, -0.2) is 25.1 Å². The molecule has 0 aromatic heterocycles. The van der Waals surface area contributed by atoms with Gasteiger partial charge < -0.3 is 14.8 Å². The number of amides is 1. The maximum Gasteiger partial charge on any atom is 0.271 e. The fourth-order valence-corrected chi connectivity index (χ4v) is 2.39. The first-order valence-electron chi connectivity index (χ1n) is 7.48. The van der Waals surface area contributed by atoms with Crippen molar-refractivity contribution in [2.45, 2.75) is 0 Å². The molecular formula is C18H14ClN3O5. The summed E-state index contributed by atoms with van der Waals surface area (Å²) in [5, 5.41) is 22.5. The fraction of sp³-hybridized carbons (Fsp3) is 0.111. The highest BCUT2D eigenvalue weighted by molar-refractivity contribution is 6.34. The number of hydrogen-bond acceptors (Lipinski definition) is 6. The van der Waals surface area contributed by atoms with Crippen LogP contribution in [0, 0.1) is 21.4 Å². The van der Waals surface area contributed by atoms with E-state index in [4.69, 9.17) is 21.1 Å². The molecule has 9 heteroatoms. The van der Waals surface area contributed by atoms with Crippen LogP contribution < -0.4 is 14.8 Å². The molecule has 138 valence electrons. The van der Waals surface area contributed by atoms with Crippen LogP contribution in [-0.2, 0) is 4.79 Å². The lowest BCUT2D eigenvalue weighted by Crippen LogP contribution is -2.14. The molecule has 0 fully saturated rings. The van der Waals surface area contributed by atoms with Crippen molar-refractivity contribution in [1.29, 1.82) is 5.26 Å². The summed E-state index contributed by atoms with van der Waals surface area (Å²) >= 11 is 5.95. The number of carbonyl (C=O) groups is 1. The number of nitriles is 1. The van der Waals surface area contributed by atoms with Crippen molar-refractivity contribution in [3.63, 3.8) is 0 Å². The van der Waals surface area contributed by atoms with E-state index in [0.29, 0.717) is 17.1 Å². The zero-order valence-electron chi connectivity index (χ0n) is 14.4. The second-order valence-electron chi connectivity index (χ2n) is 5.15. The van der Waals surface area contributed by atoms with Crippen LogP contribution in [0.15, 0.2) is 42.0 Å². The number of halogens is 1. The Hall–Kier alpha value is -3.57. The number of methoxy groups -OCH3 is 2. The van der Waals surface area contributed by atoms with Gasteiger partial charge in [0.1, 0.15) is 23.1 Å². The van der Waals surface area contributed by atoms with Crippen LogP contribution in [0.2, 0.25) is 5.02 Å². The van der Waals surface area contributed by atoms with Crippen LogP contribution in [0.25, 0.3) is 6.08 Å². The average molecular weight is 388 g/mol. The van der Waals surface area contributed by atoms with E-state index in [1.54, 1.807) is 18.2 Å². The highest BCUT2D eigenvalue weighted by Crippen LogP contribution is 2.28. The summed E-state index contributed by atoms with van der Waals surface area (Å²) in [7, 11) is 2.95. The number of anilines is 1. The maximum absolute atomic E-state index is 12.4. The van der Waals surface area contributed by atoms with E-state index in [2.05, 4.69) is 5.32 Å². The maximum atomic E-state index is 12.4. The van der Waals surface area contributed by atoms with Gasteiger partial charge in [0, 0.05) is 17.7 Å². The third-order valence-corrected chi connectivity index (χ3v) is 3.83. The van der Waals surface area contributed by atoms with Crippen molar-refractivity contribution in [2.75, 3.05) is 19.5 Å². The van der Waals surface area contributed by atoms with Crippen molar-refractivity contribution < 1.29 is 19.2 Å². The summed E-state index contributed by atoms with van der Waals surface area (Å²) in [5.74, 6) is 0.251. The molecule has 2 aromatic rings. The molecule has 2 aromatic carbocycles. The van der Waals surface area contributed by atoms with E-state index >= 15 is 0 Å². The molecule has 2 rings (SSSR count). The summed E-state index contributed by atoms with van der Waals surface area (Å²) in [6, 6.07) is 10.3. The zero-order valence-corrected chi connectivity index (χ0v) is 15.1. The molecule has 0 saturated heterocycles. The second-order valence-corrected chi connectivity index (χ2v) is 5.56. The minimum Gasteiger partial charge on any atom is -0.497 e. The molecule has 0 radical (unpaired) electrons. The molecule has 0 aliphatic carbocycles. The highest BCUT2D eigenvalue weighted by atomic mass is 35.5. The summed E-state index contributed by atoms with van der Waals surface area (Å²) in [6.45, 7) is 0. The smallest absolute Gasteiger partial charge is 0.271 e. The number of carbonyl (C=O) groups excluding carboxylic acids is 1. The number of benzene rings is 2. The average Bonchev–Trinajstić information content (AvgIpc) is 2.67. The molecule has 8 nitrogen and oxygen atoms in total. The Morgan fingerprint density at radius 3 is 2.56 bits per heavy atom. The molecule has 0 aliphatic rings. The van der Waals surface area contributed by atoms with Crippen LogP contribution >= 0.6 is 11.6 Å². The largest absolute Gasteiger partial charge is 0.497 e. The minimum atomic E-state index is -0.724. The van der Waals surface area contributed by atoms with Gasteiger partial charge in [-0.05, 0) is 30.3 Å². The van der Waals surface area contributed by atoms with Crippen LogP contribution in [0.3, 0.4) is 0 Å². The fourth-order valence-electron chi connectivity index (χ4n) is 2.16. The van der Waals surface area contributed by atoms with Crippen molar-refractivity contribution in [1.82, 2.24) is 0 Å². The van der Waals surface area contributed by atoms with E-state index in [0.717, 1.165) is 6.07 Å². The summed E-state index contributed by atoms with van der Waals surface area (Å²) < 4.78 is 10.3. The molecule has 27 heavy (non-hydrogen) atoms. The number of hydrogen-bond donors (Lipinski definition) is 1. The van der Waals surface area contributed by atoms with Gasteiger partial charge in [-0.2, -0.15) is 5.26 Å². The first-order valence-corrected chi connectivity index (χ1v) is 7.86. The van der Waals surface area contributed by atoms with Crippen molar-refractivity contribution >= 4 is 35.0 Å². The van der Waals surface area contributed by atoms with Crippen molar-refractivity contribution in [2.24, 2.45) is 0 Å². The van der Waals surface area contributed by atoms with Crippen LogP contribution in [0.4, 0.5) is 11.4 Å². The number of ether oxygens (including phenoxy) is 2. The van der Waals surface area contributed by atoms with E-state index in [9.17, 15) is 20.2 Å². The molecule has 0 spiro atoms. The molecule has 0 heterocycles. The summed E-state index contributed by atoms with van der Waals surface area (Å²) in [6.07, 6.45) is 1.34. The number of rotatable bonds is 6. The predicted octanol–water partition coefficient (Wildman–Crippen LogP) is 3.81. The third kappa shape index (κ3) is 4.74. The van der Waals surface area contributed by atoms with Gasteiger partial charge in [0.15, 0.2) is 0 Å². The van der Waals surface area contributed by atoms with E-state index in [1.165, 1.54) is 32.4 Å². The molecule has 1 amide bonds. The lowest BCUT2D eigenvalue weighted by molar-refractivity contribution is -0.384. The van der Waals surface area contributed by atoms with Gasteiger partial charge >= 0.3 is 0 Å². The molecule has 0 atom stereocenters. The van der Waals surface area contributed by atoms with Gasteiger partial charge in [0.05, 0.1) is 29.9 Å². The number of non-ortho nitro benzene ring substituents is 1. The Kier molecular flexibility index (Phi) is 6.36. The quantitative estimate of drug-likeness (QED) is 0.349. The molecule has 0 bridgehead atoms. The third-order valence-electron chi connectivity index (χ3n) is 3.51. The van der Waals surface area contributed by atoms with Crippen LogP contribution in [0.1, 0.15) is 5.56 Å². The zero-order chi connectivity index (χ0) is 20.0. The lowest BCUT2D eigenvalue weighted by Gasteiger charge is -2.09. The standard InChI is InChI=1S/C18H14ClN3O5/c1-26-14-4-6-17(27-2)11(8-14)7-12(10-20)18(23)21-16-5-3-13(22(24)25)9-15(16)19/h3-9H,1-2H3,(H,21,23)/b12-7-. The first kappa shape index (κ1) is 19.8. The topological polar surface area (TPSA) is 114 Å². The Bertz CT molecular complexity index is 966. The number of nitro groups is 1. The van der Waals surface area contributed by atoms with Gasteiger partial charge in [-0.1, -0.05) is 11.6 Å². The second kappa shape index (κ2) is 8.69. The van der Waals surface area contributed by atoms with Gasteiger partial charge in [0.25, 0.3) is 11.6 Å². The van der Waals surface area contributed by atoms with Gasteiger partial charge in [-0.25, -0.2) is 0 Å². The van der Waals surface area contributed by atoms with Gasteiger partial charge in [-0.3, -0.25) is 14.9 Å². The molecule has 1 N–H and O–H groups in total. The number of nitrogens with one attached hydrogen (secondary N) is 1. The first-order chi connectivity index (χ1) is 12.9. The predicted molar refractivity (Wildman–Crippen MR) is 99.9 cm³/mol. The lowest BCUT2D eigenvalue weighted by atomic mass is 10.1. The highest BCUT2D eigenvalue weighted by Gasteiger charge is 2.15. The van der Waals surface area contributed by atoms with Crippen molar-refractivity contribution in [3.8, 4) is 17.6 Å². The number of nitrogens with zero attached hydrogens (tertiary/aromatic N) is 2. The molecular weight excluding hydrogens is 374 g/mol. The summed E-state index contributed by atoms with van der Waals surface area (Å²) in [5.41, 5.74) is 0.190. The van der Waals surface area contributed by atoms with Crippen LogP contribution in [0.5, 0.6) is 11.5 Å². The summed E-state index contributed by atoms with van der Waals surface area (Å²) in [4.78, 5) is 22.5. The normalized spacial score (nSPS) is 10.7. The van der Waals surface area contributed by atoms with Crippen molar-refractivity contribution in [3.05, 3.63) is 62.7 Å². The van der Waals surface area contributed by atoms with Gasteiger partial charge in [0.2, 0.25) is 0 Å². The molecule has 0 unspecified atom stereocenters. The number of nitro benzene ring substituents is 1. The molecule has 0 saturated carbocycles. The SMILES string of the molecule is COc1ccc(OC)c(/C=C(/C#N)C(=O)Nc2ccc([N+](=O)[O-])cc2Cl)c1. The monoisotopic (exact) mass is 387 g/mol. The van der Waals surface area contributed by atoms with E-state index in [1.807, 2.05) is 6.07 Å². The van der Waals surface area contributed by atoms with Gasteiger partial charge in [-0.15, -0.1) is 0 Å². The molecule has 0 aliphatic heterocycles. The van der Waals surface area contributed by atoms with E-state index < -0.39 is 10.8 Å².